The molecule has 4 heteroatoms. The highest BCUT2D eigenvalue weighted by Crippen LogP contribution is 2.50. The second-order valence-corrected chi connectivity index (χ2v) is 9.17. The Balaban J connectivity index is 2.05. The molecule has 0 aromatic heterocycles. The van der Waals surface area contributed by atoms with Gasteiger partial charge in [0.05, 0.1) is 18.5 Å². The van der Waals surface area contributed by atoms with Crippen LogP contribution in [0, 0.1) is 0 Å². The first-order valence-electron chi connectivity index (χ1n) is 10.4. The molecule has 1 aliphatic carbocycles. The van der Waals surface area contributed by atoms with Gasteiger partial charge in [-0.25, -0.2) is 0 Å². The fraction of sp³-hybridized carbons (Fsp3) is 0.280. The number of rotatable bonds is 6. The predicted molar refractivity (Wildman–Crippen MR) is 121 cm³/mol. The van der Waals surface area contributed by atoms with Gasteiger partial charge in [-0.15, -0.1) is 0 Å². The Morgan fingerprint density at radius 1 is 0.897 bits per heavy atom. The van der Waals surface area contributed by atoms with Crippen molar-refractivity contribution in [1.82, 2.24) is 0 Å². The van der Waals surface area contributed by atoms with Crippen LogP contribution in [0.4, 0.5) is 0 Å². The zero-order valence-electron chi connectivity index (χ0n) is 17.1. The molecule has 0 radical (unpaired) electrons. The van der Waals surface area contributed by atoms with Gasteiger partial charge in [0.1, 0.15) is 0 Å². The molecule has 0 N–H and O–H groups in total. The van der Waals surface area contributed by atoms with E-state index in [0.29, 0.717) is 18.5 Å². The lowest BCUT2D eigenvalue weighted by molar-refractivity contribution is 0.230. The Hall–Kier alpha value is -2.19. The highest BCUT2D eigenvalue weighted by molar-refractivity contribution is 7.62. The van der Waals surface area contributed by atoms with E-state index in [-0.39, 0.29) is 0 Å². The van der Waals surface area contributed by atoms with Crippen molar-refractivity contribution >= 4 is 29.2 Å². The van der Waals surface area contributed by atoms with Crippen molar-refractivity contribution < 1.29 is 13.6 Å². The lowest BCUT2D eigenvalue weighted by Gasteiger charge is -2.23. The van der Waals surface area contributed by atoms with E-state index in [1.165, 1.54) is 11.1 Å². The molecule has 3 aromatic rings. The second kappa shape index (κ2) is 8.67. The molecule has 4 rings (SSSR count). The summed E-state index contributed by atoms with van der Waals surface area (Å²) in [5.74, 6) is 0. The van der Waals surface area contributed by atoms with Gasteiger partial charge in [-0.3, -0.25) is 4.57 Å². The largest absolute Gasteiger partial charge is 0.361 e. The minimum Gasteiger partial charge on any atom is -0.305 e. The van der Waals surface area contributed by atoms with Crippen molar-refractivity contribution in [3.8, 4) is 0 Å². The van der Waals surface area contributed by atoms with Crippen LogP contribution < -0.4 is 5.30 Å². The quantitative estimate of drug-likeness (QED) is 0.438. The second-order valence-electron chi connectivity index (χ2n) is 7.18. The number of fused-ring (bicyclic) bond motifs is 2. The molecule has 1 aliphatic rings. The van der Waals surface area contributed by atoms with Crippen molar-refractivity contribution in [3.05, 3.63) is 83.4 Å². The van der Waals surface area contributed by atoms with Gasteiger partial charge < -0.3 is 9.05 Å². The first-order chi connectivity index (χ1) is 14.2. The fourth-order valence-electron chi connectivity index (χ4n) is 4.17. The Bertz CT molecular complexity index is 1090. The topological polar surface area (TPSA) is 35.5 Å². The lowest BCUT2D eigenvalue weighted by Crippen LogP contribution is -2.16. The third kappa shape index (κ3) is 3.83. The van der Waals surface area contributed by atoms with E-state index in [4.69, 9.17) is 9.05 Å². The average Bonchev–Trinajstić information content (AvgIpc) is 2.96. The fourth-order valence-corrected chi connectivity index (χ4v) is 5.98. The van der Waals surface area contributed by atoms with Crippen LogP contribution in [0.3, 0.4) is 0 Å². The molecule has 29 heavy (non-hydrogen) atoms. The number of allylic oxidation sites excluding steroid dienone is 1. The zero-order valence-corrected chi connectivity index (χ0v) is 18.0. The van der Waals surface area contributed by atoms with E-state index in [2.05, 4.69) is 42.5 Å². The van der Waals surface area contributed by atoms with Crippen LogP contribution in [-0.2, 0) is 20.0 Å². The highest BCUT2D eigenvalue weighted by atomic mass is 31.2. The summed E-state index contributed by atoms with van der Waals surface area (Å²) in [6.45, 7) is 4.37. The van der Waals surface area contributed by atoms with E-state index in [1.807, 2.05) is 38.1 Å². The summed E-state index contributed by atoms with van der Waals surface area (Å²) in [4.78, 5) is 0. The van der Waals surface area contributed by atoms with Gasteiger partial charge in [0.15, 0.2) is 0 Å². The minimum atomic E-state index is -3.45. The molecule has 0 spiro atoms. The Morgan fingerprint density at radius 2 is 1.62 bits per heavy atom. The first kappa shape index (κ1) is 20.1. The molecule has 0 bridgehead atoms. The van der Waals surface area contributed by atoms with E-state index in [0.717, 1.165) is 41.2 Å². The maximum absolute atomic E-state index is 13.8. The van der Waals surface area contributed by atoms with Crippen LogP contribution >= 0.6 is 7.60 Å². The molecular weight excluding hydrogens is 379 g/mol. The van der Waals surface area contributed by atoms with Gasteiger partial charge in [0.2, 0.25) is 0 Å². The summed E-state index contributed by atoms with van der Waals surface area (Å²) < 4.78 is 25.4. The number of aryl methyl sites for hydroxylation is 1. The smallest absolute Gasteiger partial charge is 0.305 e. The van der Waals surface area contributed by atoms with Crippen molar-refractivity contribution in [1.29, 1.82) is 0 Å². The van der Waals surface area contributed by atoms with Crippen LogP contribution in [0.1, 0.15) is 43.4 Å². The maximum atomic E-state index is 13.8. The molecular formula is C25H27O3P. The van der Waals surface area contributed by atoms with E-state index >= 15 is 0 Å². The van der Waals surface area contributed by atoms with Crippen molar-refractivity contribution in [2.45, 2.75) is 33.1 Å². The van der Waals surface area contributed by atoms with E-state index in [9.17, 15) is 4.57 Å². The third-order valence-corrected chi connectivity index (χ3v) is 7.53. The van der Waals surface area contributed by atoms with Crippen molar-refractivity contribution in [3.63, 3.8) is 0 Å². The molecule has 0 saturated carbocycles. The van der Waals surface area contributed by atoms with E-state index in [1.54, 1.807) is 0 Å². The Morgan fingerprint density at radius 3 is 2.41 bits per heavy atom. The van der Waals surface area contributed by atoms with Crippen LogP contribution in [0.5, 0.6) is 0 Å². The monoisotopic (exact) mass is 406 g/mol. The normalized spacial score (nSPS) is 14.3. The Labute approximate surface area is 172 Å². The average molecular weight is 406 g/mol. The molecule has 0 amide bonds. The molecule has 3 nitrogen and oxygen atoms in total. The van der Waals surface area contributed by atoms with Crippen molar-refractivity contribution in [2.24, 2.45) is 0 Å². The highest BCUT2D eigenvalue weighted by Gasteiger charge is 2.32. The van der Waals surface area contributed by atoms with Crippen LogP contribution in [-0.4, -0.2) is 13.2 Å². The van der Waals surface area contributed by atoms with Gasteiger partial charge >= 0.3 is 7.60 Å². The number of hydrogen-bond donors (Lipinski definition) is 0. The van der Waals surface area contributed by atoms with Gasteiger partial charge in [-0.1, -0.05) is 60.7 Å². The molecule has 0 heterocycles. The summed E-state index contributed by atoms with van der Waals surface area (Å²) in [6.07, 6.45) is 5.43. The molecule has 0 saturated heterocycles. The molecule has 3 aromatic carbocycles. The molecule has 0 unspecified atom stereocenters. The first-order valence-corrected chi connectivity index (χ1v) is 11.9. The lowest BCUT2D eigenvalue weighted by atomic mass is 9.90. The third-order valence-electron chi connectivity index (χ3n) is 5.38. The van der Waals surface area contributed by atoms with Gasteiger partial charge in [0, 0.05) is 5.56 Å². The van der Waals surface area contributed by atoms with E-state index < -0.39 is 7.60 Å². The van der Waals surface area contributed by atoms with Gasteiger partial charge in [-0.2, -0.15) is 0 Å². The summed E-state index contributed by atoms with van der Waals surface area (Å²) in [6, 6.07) is 20.7. The van der Waals surface area contributed by atoms with Gasteiger partial charge in [-0.05, 0) is 66.6 Å². The summed E-state index contributed by atoms with van der Waals surface area (Å²) in [5.41, 5.74) is 4.65. The molecule has 150 valence electrons. The standard InChI is InChI=1S/C25H27O3P/c1-3-27-29(26,28-4-2)24-18-17-20-13-6-9-15-22(20)25(24)23-16-10-7-12-19-11-5-8-14-21(19)23/h5-6,8-9,11,13-18H,3-4,7,10,12H2,1-2H3. The van der Waals surface area contributed by atoms with Crippen molar-refractivity contribution in [2.75, 3.05) is 13.2 Å². The number of benzene rings is 3. The van der Waals surface area contributed by atoms with Crippen LogP contribution in [0.15, 0.2) is 66.7 Å². The Kier molecular flexibility index (Phi) is 6.01. The molecule has 0 aliphatic heterocycles. The summed E-state index contributed by atoms with van der Waals surface area (Å²) in [5, 5.41) is 2.85. The predicted octanol–water partition coefficient (Wildman–Crippen LogP) is 6.50. The summed E-state index contributed by atoms with van der Waals surface area (Å²) in [7, 11) is -3.45. The van der Waals surface area contributed by atoms with Crippen LogP contribution in [0.25, 0.3) is 16.3 Å². The zero-order chi connectivity index (χ0) is 20.3. The molecule has 0 fully saturated rings. The minimum absolute atomic E-state index is 0.333. The van der Waals surface area contributed by atoms with Gasteiger partial charge in [0.25, 0.3) is 0 Å². The summed E-state index contributed by atoms with van der Waals surface area (Å²) >= 11 is 0. The molecule has 0 atom stereocenters. The SMILES string of the molecule is CCOP(=O)(OCC)c1ccc2ccccc2c1C1=CCCCc2ccccc21. The maximum Gasteiger partial charge on any atom is 0.361 e. The number of hydrogen-bond acceptors (Lipinski definition) is 3. The van der Waals surface area contributed by atoms with Crippen LogP contribution in [0.2, 0.25) is 0 Å².